The van der Waals surface area contributed by atoms with E-state index in [2.05, 4.69) is 12.2 Å². The number of hydrogen-bond donors (Lipinski definition) is 2. The summed E-state index contributed by atoms with van der Waals surface area (Å²) in [5, 5.41) is 13.4. The van der Waals surface area contributed by atoms with E-state index >= 15 is 0 Å². The van der Waals surface area contributed by atoms with Crippen molar-refractivity contribution in [3.8, 4) is 0 Å². The average Bonchev–Trinajstić information content (AvgIpc) is 2.22. The molecule has 0 spiro atoms. The van der Waals surface area contributed by atoms with Gasteiger partial charge >= 0.3 is 0 Å². The third-order valence-corrected chi connectivity index (χ3v) is 3.41. The molecule has 2 atom stereocenters. The fourth-order valence-electron chi connectivity index (χ4n) is 1.62. The van der Waals surface area contributed by atoms with E-state index in [0.717, 1.165) is 18.8 Å². The van der Waals surface area contributed by atoms with Crippen molar-refractivity contribution in [2.45, 2.75) is 44.8 Å². The van der Waals surface area contributed by atoms with E-state index in [1.807, 2.05) is 13.2 Å². The lowest BCUT2D eigenvalue weighted by atomic mass is 10.1. The van der Waals surface area contributed by atoms with Crippen LogP contribution in [0.15, 0.2) is 0 Å². The first-order valence-electron chi connectivity index (χ1n) is 5.99. The lowest BCUT2D eigenvalue weighted by Gasteiger charge is -2.26. The summed E-state index contributed by atoms with van der Waals surface area (Å²) in [5.74, 6) is 0.757. The summed E-state index contributed by atoms with van der Waals surface area (Å²) in [6.07, 6.45) is 5.52. The van der Waals surface area contributed by atoms with Gasteiger partial charge in [-0.25, -0.2) is 0 Å². The molecule has 2 unspecified atom stereocenters. The Kier molecular flexibility index (Phi) is 9.41. The fourth-order valence-corrected chi connectivity index (χ4v) is 2.35. The van der Waals surface area contributed by atoms with E-state index in [1.165, 1.54) is 12.8 Å². The number of nitrogens with one attached hydrogen (secondary N) is 1. The van der Waals surface area contributed by atoms with E-state index in [1.54, 1.807) is 18.9 Å². The molecule has 3 nitrogen and oxygen atoms in total. The lowest BCUT2D eigenvalue weighted by molar-refractivity contribution is 0.0733. The average molecular weight is 249 g/mol. The molecule has 0 aromatic carbocycles. The zero-order valence-electron chi connectivity index (χ0n) is 11.1. The van der Waals surface area contributed by atoms with Crippen LogP contribution in [-0.2, 0) is 4.74 Å². The molecule has 0 radical (unpaired) electrons. The summed E-state index contributed by atoms with van der Waals surface area (Å²) in [6.45, 7) is 5.41. The minimum atomic E-state index is -0.627. The first kappa shape index (κ1) is 16.2. The van der Waals surface area contributed by atoms with Crippen molar-refractivity contribution in [3.05, 3.63) is 0 Å². The van der Waals surface area contributed by atoms with Gasteiger partial charge in [-0.15, -0.1) is 0 Å². The largest absolute Gasteiger partial charge is 0.388 e. The minimum absolute atomic E-state index is 0.360. The molecule has 0 aliphatic carbocycles. The molecule has 0 amide bonds. The second-order valence-corrected chi connectivity index (χ2v) is 5.47. The van der Waals surface area contributed by atoms with Gasteiger partial charge in [0.05, 0.1) is 12.2 Å². The lowest BCUT2D eigenvalue weighted by Crippen LogP contribution is -2.45. The van der Waals surface area contributed by atoms with Crippen molar-refractivity contribution in [1.29, 1.82) is 0 Å². The quantitative estimate of drug-likeness (QED) is 0.620. The smallest absolute Gasteiger partial charge is 0.0833 e. The molecule has 0 aromatic heterocycles. The predicted molar refractivity (Wildman–Crippen MR) is 72.2 cm³/mol. The number of hydrogen-bond acceptors (Lipinski definition) is 4. The number of thioether (sulfide) groups is 1. The Labute approximate surface area is 104 Å². The third kappa shape index (κ3) is 8.39. The summed E-state index contributed by atoms with van der Waals surface area (Å²) >= 11 is 1.67. The SMILES string of the molecule is CCCCC(COC)NCC(C)(O)CSC. The summed E-state index contributed by atoms with van der Waals surface area (Å²) in [7, 11) is 1.72. The molecule has 98 valence electrons. The van der Waals surface area contributed by atoms with Crippen molar-refractivity contribution in [2.75, 3.05) is 32.3 Å². The van der Waals surface area contributed by atoms with E-state index in [-0.39, 0.29) is 0 Å². The molecular weight excluding hydrogens is 222 g/mol. The monoisotopic (exact) mass is 249 g/mol. The van der Waals surface area contributed by atoms with Crippen LogP contribution >= 0.6 is 11.8 Å². The van der Waals surface area contributed by atoms with Crippen LogP contribution < -0.4 is 5.32 Å². The first-order chi connectivity index (χ1) is 7.55. The summed E-state index contributed by atoms with van der Waals surface area (Å²) in [4.78, 5) is 0. The standard InChI is InChI=1S/C12H27NO2S/c1-5-6-7-11(8-15-3)13-9-12(2,14)10-16-4/h11,13-14H,5-10H2,1-4H3. The van der Waals surface area contributed by atoms with Gasteiger partial charge in [0, 0.05) is 25.4 Å². The van der Waals surface area contributed by atoms with Gasteiger partial charge in [-0.2, -0.15) is 11.8 Å². The second kappa shape index (κ2) is 9.28. The van der Waals surface area contributed by atoms with Crippen molar-refractivity contribution in [2.24, 2.45) is 0 Å². The van der Waals surface area contributed by atoms with Crippen molar-refractivity contribution < 1.29 is 9.84 Å². The summed E-state index contributed by atoms with van der Waals surface area (Å²) < 4.78 is 5.18. The van der Waals surface area contributed by atoms with Crippen LogP contribution in [0, 0.1) is 0 Å². The molecule has 0 heterocycles. The zero-order chi connectivity index (χ0) is 12.4. The fraction of sp³-hybridized carbons (Fsp3) is 1.00. The van der Waals surface area contributed by atoms with Crippen LogP contribution in [-0.4, -0.2) is 49.0 Å². The van der Waals surface area contributed by atoms with Crippen molar-refractivity contribution in [1.82, 2.24) is 5.32 Å². The topological polar surface area (TPSA) is 41.5 Å². The second-order valence-electron chi connectivity index (χ2n) is 4.61. The van der Waals surface area contributed by atoms with Gasteiger partial charge in [0.2, 0.25) is 0 Å². The van der Waals surface area contributed by atoms with Crippen LogP contribution in [0.5, 0.6) is 0 Å². The van der Waals surface area contributed by atoms with Crippen LogP contribution in [0.4, 0.5) is 0 Å². The van der Waals surface area contributed by atoms with Gasteiger partial charge in [0.25, 0.3) is 0 Å². The Balaban J connectivity index is 3.89. The number of rotatable bonds is 10. The minimum Gasteiger partial charge on any atom is -0.388 e. The summed E-state index contributed by atoms with van der Waals surface area (Å²) in [6, 6.07) is 0.360. The van der Waals surface area contributed by atoms with Crippen LogP contribution in [0.3, 0.4) is 0 Å². The maximum absolute atomic E-state index is 10.0. The Hall–Kier alpha value is 0.230. The van der Waals surface area contributed by atoms with Gasteiger partial charge in [-0.05, 0) is 19.6 Å². The molecule has 4 heteroatoms. The van der Waals surface area contributed by atoms with Crippen LogP contribution in [0.1, 0.15) is 33.1 Å². The van der Waals surface area contributed by atoms with Crippen molar-refractivity contribution >= 4 is 11.8 Å². The van der Waals surface area contributed by atoms with E-state index < -0.39 is 5.60 Å². The highest BCUT2D eigenvalue weighted by Crippen LogP contribution is 2.10. The molecule has 0 saturated heterocycles. The molecule has 16 heavy (non-hydrogen) atoms. The van der Waals surface area contributed by atoms with Crippen LogP contribution in [0.25, 0.3) is 0 Å². The highest BCUT2D eigenvalue weighted by atomic mass is 32.2. The number of aliphatic hydroxyl groups is 1. The molecule has 0 bridgehead atoms. The summed E-state index contributed by atoms with van der Waals surface area (Å²) in [5.41, 5.74) is -0.627. The Bertz CT molecular complexity index is 165. The van der Waals surface area contributed by atoms with Gasteiger partial charge < -0.3 is 15.2 Å². The molecule has 0 aromatic rings. The Morgan fingerprint density at radius 3 is 2.69 bits per heavy atom. The highest BCUT2D eigenvalue weighted by molar-refractivity contribution is 7.98. The maximum atomic E-state index is 10.0. The molecule has 2 N–H and O–H groups in total. The van der Waals surface area contributed by atoms with Gasteiger partial charge in [0.15, 0.2) is 0 Å². The van der Waals surface area contributed by atoms with Gasteiger partial charge in [-0.1, -0.05) is 19.8 Å². The zero-order valence-corrected chi connectivity index (χ0v) is 11.9. The van der Waals surface area contributed by atoms with Crippen LogP contribution in [0.2, 0.25) is 0 Å². The first-order valence-corrected chi connectivity index (χ1v) is 7.38. The molecule has 0 rings (SSSR count). The number of ether oxygens (including phenoxy) is 1. The Morgan fingerprint density at radius 1 is 1.50 bits per heavy atom. The molecule has 0 aliphatic rings. The maximum Gasteiger partial charge on any atom is 0.0833 e. The van der Waals surface area contributed by atoms with Gasteiger partial charge in [0.1, 0.15) is 0 Å². The van der Waals surface area contributed by atoms with E-state index in [0.29, 0.717) is 12.6 Å². The molecule has 0 aliphatic heterocycles. The number of methoxy groups -OCH3 is 1. The molecular formula is C12H27NO2S. The van der Waals surface area contributed by atoms with Gasteiger partial charge in [-0.3, -0.25) is 0 Å². The van der Waals surface area contributed by atoms with E-state index in [4.69, 9.17) is 4.74 Å². The normalized spacial score (nSPS) is 17.1. The molecule has 0 fully saturated rings. The Morgan fingerprint density at radius 2 is 2.19 bits per heavy atom. The third-order valence-electron chi connectivity index (χ3n) is 2.50. The molecule has 0 saturated carbocycles. The number of unbranched alkanes of at least 4 members (excludes halogenated alkanes) is 1. The van der Waals surface area contributed by atoms with E-state index in [9.17, 15) is 5.11 Å². The predicted octanol–water partition coefficient (Wildman–Crippen LogP) is 1.90. The van der Waals surface area contributed by atoms with Crippen molar-refractivity contribution in [3.63, 3.8) is 0 Å². The highest BCUT2D eigenvalue weighted by Gasteiger charge is 2.20.